The molecule has 0 amide bonds. The molecule has 1 aromatic heterocycles. The summed E-state index contributed by atoms with van der Waals surface area (Å²) in [5, 5.41) is 0. The van der Waals surface area contributed by atoms with Crippen molar-refractivity contribution >= 4 is 0 Å². The number of nitrogens with zero attached hydrogens (tertiary/aromatic N) is 3. The minimum absolute atomic E-state index is 0.807. The molecule has 0 saturated heterocycles. The van der Waals surface area contributed by atoms with Gasteiger partial charge in [0.15, 0.2) is 5.82 Å². The number of rotatable bonds is 5. The van der Waals surface area contributed by atoms with Crippen LogP contribution in [0.1, 0.15) is 43.9 Å². The number of benzene rings is 1. The average molecular weight is 255 g/mol. The second-order valence-corrected chi connectivity index (χ2v) is 4.86. The molecule has 3 heteroatoms. The molecule has 2 rings (SSSR count). The molecule has 3 nitrogen and oxygen atoms in total. The van der Waals surface area contributed by atoms with Crippen molar-refractivity contribution in [3.63, 3.8) is 0 Å². The van der Waals surface area contributed by atoms with Crippen molar-refractivity contribution in [3.05, 3.63) is 41.5 Å². The first kappa shape index (κ1) is 13.7. The molecule has 0 spiro atoms. The lowest BCUT2D eigenvalue weighted by molar-refractivity contribution is 0.758. The zero-order valence-electron chi connectivity index (χ0n) is 12.0. The maximum absolute atomic E-state index is 4.58. The van der Waals surface area contributed by atoms with Gasteiger partial charge in [0, 0.05) is 18.4 Å². The molecule has 0 aliphatic rings. The Bertz CT molecular complexity index is 508. The maximum atomic E-state index is 4.58. The number of hydrogen-bond donors (Lipinski definition) is 0. The van der Waals surface area contributed by atoms with Gasteiger partial charge < -0.3 is 0 Å². The topological polar surface area (TPSA) is 38.7 Å². The smallest absolute Gasteiger partial charge is 0.163 e. The molecule has 0 aliphatic carbocycles. The van der Waals surface area contributed by atoms with Crippen LogP contribution in [0.5, 0.6) is 0 Å². The van der Waals surface area contributed by atoms with E-state index in [2.05, 4.69) is 60.0 Å². The predicted molar refractivity (Wildman–Crippen MR) is 78.0 cm³/mol. The first-order chi connectivity index (χ1) is 9.22. The summed E-state index contributed by atoms with van der Waals surface area (Å²) in [6.07, 6.45) is 3.95. The maximum Gasteiger partial charge on any atom is 0.163 e. The lowest BCUT2D eigenvalue weighted by Gasteiger charge is -2.06. The lowest BCUT2D eigenvalue weighted by atomic mass is 10.1. The normalized spacial score (nSPS) is 10.7. The van der Waals surface area contributed by atoms with E-state index in [4.69, 9.17) is 0 Å². The van der Waals surface area contributed by atoms with E-state index in [1.165, 1.54) is 5.56 Å². The Morgan fingerprint density at radius 2 is 1.32 bits per heavy atom. The molecule has 0 N–H and O–H groups in total. The molecule has 1 heterocycles. The molecule has 0 bridgehead atoms. The highest BCUT2D eigenvalue weighted by Crippen LogP contribution is 2.16. The summed E-state index contributed by atoms with van der Waals surface area (Å²) < 4.78 is 0. The SMILES string of the molecule is CCCc1nc(CCC)nc(-c2ccc(C)cc2)n1. The molecule has 0 aliphatic heterocycles. The van der Waals surface area contributed by atoms with Crippen molar-refractivity contribution in [3.8, 4) is 11.4 Å². The van der Waals surface area contributed by atoms with Gasteiger partial charge in [0.05, 0.1) is 0 Å². The molecule has 0 radical (unpaired) electrons. The summed E-state index contributed by atoms with van der Waals surface area (Å²) in [7, 11) is 0. The largest absolute Gasteiger partial charge is 0.218 e. The van der Waals surface area contributed by atoms with Crippen LogP contribution in [-0.4, -0.2) is 15.0 Å². The first-order valence-electron chi connectivity index (χ1n) is 7.03. The summed E-state index contributed by atoms with van der Waals surface area (Å²) in [6.45, 7) is 6.38. The average Bonchev–Trinajstić information content (AvgIpc) is 2.40. The molecule has 0 atom stereocenters. The van der Waals surface area contributed by atoms with Gasteiger partial charge in [-0.25, -0.2) is 15.0 Å². The fourth-order valence-electron chi connectivity index (χ4n) is 1.97. The van der Waals surface area contributed by atoms with Crippen LogP contribution in [0.4, 0.5) is 0 Å². The third kappa shape index (κ3) is 3.60. The summed E-state index contributed by atoms with van der Waals surface area (Å²) >= 11 is 0. The van der Waals surface area contributed by atoms with E-state index < -0.39 is 0 Å². The van der Waals surface area contributed by atoms with Gasteiger partial charge in [-0.15, -0.1) is 0 Å². The monoisotopic (exact) mass is 255 g/mol. The minimum Gasteiger partial charge on any atom is -0.218 e. The summed E-state index contributed by atoms with van der Waals surface area (Å²) in [6, 6.07) is 8.35. The molecule has 0 saturated carbocycles. The molecule has 0 unspecified atom stereocenters. The van der Waals surface area contributed by atoms with Crippen LogP contribution in [0.3, 0.4) is 0 Å². The molecular weight excluding hydrogens is 234 g/mol. The van der Waals surface area contributed by atoms with Crippen molar-refractivity contribution in [2.75, 3.05) is 0 Å². The van der Waals surface area contributed by atoms with Crippen LogP contribution in [0.2, 0.25) is 0 Å². The number of aromatic nitrogens is 3. The van der Waals surface area contributed by atoms with Crippen molar-refractivity contribution in [2.24, 2.45) is 0 Å². The third-order valence-corrected chi connectivity index (χ3v) is 2.99. The summed E-state index contributed by atoms with van der Waals surface area (Å²) in [4.78, 5) is 13.7. The van der Waals surface area contributed by atoms with E-state index in [-0.39, 0.29) is 0 Å². The Morgan fingerprint density at radius 3 is 1.79 bits per heavy atom. The quantitative estimate of drug-likeness (QED) is 0.816. The Balaban J connectivity index is 2.40. The highest BCUT2D eigenvalue weighted by Gasteiger charge is 2.07. The van der Waals surface area contributed by atoms with Crippen LogP contribution in [0.25, 0.3) is 11.4 Å². The van der Waals surface area contributed by atoms with E-state index in [0.29, 0.717) is 0 Å². The van der Waals surface area contributed by atoms with Crippen molar-refractivity contribution in [1.29, 1.82) is 0 Å². The van der Waals surface area contributed by atoms with Gasteiger partial charge in [-0.3, -0.25) is 0 Å². The Hall–Kier alpha value is -1.77. The number of aryl methyl sites for hydroxylation is 3. The fraction of sp³-hybridized carbons (Fsp3) is 0.438. The van der Waals surface area contributed by atoms with Crippen molar-refractivity contribution < 1.29 is 0 Å². The van der Waals surface area contributed by atoms with E-state index >= 15 is 0 Å². The van der Waals surface area contributed by atoms with Gasteiger partial charge in [-0.1, -0.05) is 43.7 Å². The molecular formula is C16H21N3. The highest BCUT2D eigenvalue weighted by molar-refractivity contribution is 5.55. The predicted octanol–water partition coefficient (Wildman–Crippen LogP) is 3.75. The highest BCUT2D eigenvalue weighted by atomic mass is 15.0. The van der Waals surface area contributed by atoms with Crippen molar-refractivity contribution in [1.82, 2.24) is 15.0 Å². The van der Waals surface area contributed by atoms with Gasteiger partial charge in [-0.05, 0) is 19.8 Å². The lowest BCUT2D eigenvalue weighted by Crippen LogP contribution is -2.05. The molecule has 100 valence electrons. The van der Waals surface area contributed by atoms with Crippen LogP contribution in [0, 0.1) is 6.92 Å². The second-order valence-electron chi connectivity index (χ2n) is 4.86. The summed E-state index contributed by atoms with van der Waals surface area (Å²) in [5.41, 5.74) is 2.32. The van der Waals surface area contributed by atoms with Gasteiger partial charge in [0.2, 0.25) is 0 Å². The van der Waals surface area contributed by atoms with Crippen molar-refractivity contribution in [2.45, 2.75) is 46.5 Å². The third-order valence-electron chi connectivity index (χ3n) is 2.99. The zero-order chi connectivity index (χ0) is 13.7. The molecule has 0 fully saturated rings. The van der Waals surface area contributed by atoms with E-state index in [0.717, 1.165) is 48.7 Å². The van der Waals surface area contributed by atoms with Crippen LogP contribution in [-0.2, 0) is 12.8 Å². The van der Waals surface area contributed by atoms with E-state index in [1.54, 1.807) is 0 Å². The van der Waals surface area contributed by atoms with Gasteiger partial charge >= 0.3 is 0 Å². The Kier molecular flexibility index (Phi) is 4.61. The summed E-state index contributed by atoms with van der Waals surface area (Å²) in [5.74, 6) is 2.63. The number of hydrogen-bond acceptors (Lipinski definition) is 3. The van der Waals surface area contributed by atoms with E-state index in [1.807, 2.05) is 0 Å². The van der Waals surface area contributed by atoms with Crippen LogP contribution >= 0.6 is 0 Å². The van der Waals surface area contributed by atoms with Gasteiger partial charge in [-0.2, -0.15) is 0 Å². The fourth-order valence-corrected chi connectivity index (χ4v) is 1.97. The Labute approximate surface area is 115 Å². The van der Waals surface area contributed by atoms with Crippen LogP contribution in [0.15, 0.2) is 24.3 Å². The minimum atomic E-state index is 0.807. The molecule has 2 aromatic rings. The van der Waals surface area contributed by atoms with E-state index in [9.17, 15) is 0 Å². The first-order valence-corrected chi connectivity index (χ1v) is 7.03. The molecule has 19 heavy (non-hydrogen) atoms. The second kappa shape index (κ2) is 6.41. The van der Waals surface area contributed by atoms with Gasteiger partial charge in [0.25, 0.3) is 0 Å². The molecule has 1 aromatic carbocycles. The van der Waals surface area contributed by atoms with Crippen LogP contribution < -0.4 is 0 Å². The van der Waals surface area contributed by atoms with Gasteiger partial charge in [0.1, 0.15) is 11.6 Å². The Morgan fingerprint density at radius 1 is 0.789 bits per heavy atom. The standard InChI is InChI=1S/C16H21N3/c1-4-6-14-17-15(7-5-2)19-16(18-14)13-10-8-12(3)9-11-13/h8-11H,4-7H2,1-3H3. The zero-order valence-corrected chi connectivity index (χ0v) is 12.0.